The Morgan fingerprint density at radius 3 is 2.46 bits per heavy atom. The number of rotatable bonds is 4. The Morgan fingerprint density at radius 2 is 1.88 bits per heavy atom. The molecular weight excluding hydrogens is 304 g/mol. The predicted molar refractivity (Wildman–Crippen MR) is 92.0 cm³/mol. The Kier molecular flexibility index (Phi) is 4.53. The third kappa shape index (κ3) is 3.01. The fourth-order valence-corrected chi connectivity index (χ4v) is 5.49. The summed E-state index contributed by atoms with van der Waals surface area (Å²) in [5.74, 6) is 1.64. The van der Waals surface area contributed by atoms with Gasteiger partial charge in [-0.05, 0) is 49.4 Å². The molecule has 138 valence electrons. The van der Waals surface area contributed by atoms with E-state index in [1.165, 1.54) is 0 Å². The number of fused-ring (bicyclic) bond motifs is 5. The molecule has 0 radical (unpaired) electrons. The molecule has 4 heteroatoms. The van der Waals surface area contributed by atoms with Crippen molar-refractivity contribution in [1.29, 1.82) is 0 Å². The number of hydrogen-bond donors (Lipinski definition) is 1. The number of carbonyl (C=O) groups is 1. The molecule has 0 aromatic heterocycles. The Bertz CT molecular complexity index is 494. The fourth-order valence-electron chi connectivity index (χ4n) is 5.49. The first kappa shape index (κ1) is 18.2. The van der Waals surface area contributed by atoms with Gasteiger partial charge in [0.15, 0.2) is 6.29 Å². The van der Waals surface area contributed by atoms with E-state index in [0.717, 1.165) is 19.3 Å². The first-order valence-electron chi connectivity index (χ1n) is 9.53. The van der Waals surface area contributed by atoms with Crippen LogP contribution < -0.4 is 0 Å². The molecule has 4 nitrogen and oxygen atoms in total. The van der Waals surface area contributed by atoms with Crippen LogP contribution in [-0.4, -0.2) is 30.1 Å². The minimum atomic E-state index is -0.608. The van der Waals surface area contributed by atoms with Gasteiger partial charge in [0, 0.05) is 11.8 Å². The average Bonchev–Trinajstić information content (AvgIpc) is 3.09. The van der Waals surface area contributed by atoms with Crippen LogP contribution in [0.3, 0.4) is 0 Å². The highest BCUT2D eigenvalue weighted by Crippen LogP contribution is 2.57. The normalized spacial score (nSPS) is 40.7. The Hall–Kier alpha value is -0.610. The smallest absolute Gasteiger partial charge is 0.312 e. The highest BCUT2D eigenvalue weighted by molar-refractivity contribution is 5.77. The van der Waals surface area contributed by atoms with E-state index in [2.05, 4.69) is 41.5 Å². The maximum atomic E-state index is 13.1. The number of carbonyl (C=O) groups excluding carboxylic acids is 1. The van der Waals surface area contributed by atoms with E-state index in [9.17, 15) is 9.90 Å². The van der Waals surface area contributed by atoms with Crippen molar-refractivity contribution in [3.8, 4) is 0 Å². The molecule has 3 fully saturated rings. The number of hydrogen-bond acceptors (Lipinski definition) is 4. The topological polar surface area (TPSA) is 55.8 Å². The molecule has 24 heavy (non-hydrogen) atoms. The van der Waals surface area contributed by atoms with Gasteiger partial charge in [-0.2, -0.15) is 0 Å². The number of ether oxygens (including phenoxy) is 2. The molecule has 2 aliphatic carbocycles. The Morgan fingerprint density at radius 1 is 1.21 bits per heavy atom. The number of aliphatic hydroxyl groups is 1. The van der Waals surface area contributed by atoms with Crippen LogP contribution in [0.1, 0.15) is 60.8 Å². The summed E-state index contributed by atoms with van der Waals surface area (Å²) in [6.45, 7) is 13.4. The van der Waals surface area contributed by atoms with Crippen molar-refractivity contribution in [2.75, 3.05) is 6.61 Å². The van der Waals surface area contributed by atoms with E-state index in [1.54, 1.807) is 0 Å². The van der Waals surface area contributed by atoms with E-state index in [1.807, 2.05) is 0 Å². The Labute approximate surface area is 146 Å². The van der Waals surface area contributed by atoms with Gasteiger partial charge in [-0.25, -0.2) is 0 Å². The van der Waals surface area contributed by atoms with Gasteiger partial charge in [0.05, 0.1) is 12.0 Å². The van der Waals surface area contributed by atoms with Gasteiger partial charge >= 0.3 is 5.97 Å². The lowest BCUT2D eigenvalue weighted by Gasteiger charge is -2.39. The van der Waals surface area contributed by atoms with Gasteiger partial charge in [0.1, 0.15) is 6.10 Å². The van der Waals surface area contributed by atoms with Gasteiger partial charge < -0.3 is 14.6 Å². The van der Waals surface area contributed by atoms with E-state index in [-0.39, 0.29) is 29.3 Å². The van der Waals surface area contributed by atoms with Crippen LogP contribution in [-0.2, 0) is 14.3 Å². The molecule has 3 aliphatic rings. The van der Waals surface area contributed by atoms with Crippen molar-refractivity contribution in [3.63, 3.8) is 0 Å². The minimum absolute atomic E-state index is 0.00990. The van der Waals surface area contributed by atoms with Gasteiger partial charge in [-0.3, -0.25) is 4.79 Å². The van der Waals surface area contributed by atoms with Crippen LogP contribution in [0.15, 0.2) is 0 Å². The molecule has 3 rings (SSSR count). The molecule has 7 atom stereocenters. The summed E-state index contributed by atoms with van der Waals surface area (Å²) in [6, 6.07) is 0. The lowest BCUT2D eigenvalue weighted by atomic mass is 9.68. The van der Waals surface area contributed by atoms with Gasteiger partial charge in [-0.15, -0.1) is 0 Å². The second-order valence-corrected chi connectivity index (χ2v) is 10.1. The number of aliphatic hydroxyl groups excluding tert-OH is 1. The van der Waals surface area contributed by atoms with Crippen LogP contribution in [0.2, 0.25) is 0 Å². The average molecular weight is 338 g/mol. The molecule has 0 aromatic rings. The summed E-state index contributed by atoms with van der Waals surface area (Å²) >= 11 is 0. The summed E-state index contributed by atoms with van der Waals surface area (Å²) in [5, 5.41) is 9.99. The fraction of sp³-hybridized carbons (Fsp3) is 0.950. The summed E-state index contributed by atoms with van der Waals surface area (Å²) in [5.41, 5.74) is -0.369. The van der Waals surface area contributed by atoms with Crippen LogP contribution in [0.4, 0.5) is 0 Å². The molecule has 7 unspecified atom stereocenters. The molecule has 2 saturated carbocycles. The van der Waals surface area contributed by atoms with Crippen molar-refractivity contribution in [3.05, 3.63) is 0 Å². The number of esters is 1. The summed E-state index contributed by atoms with van der Waals surface area (Å²) < 4.78 is 11.5. The second-order valence-electron chi connectivity index (χ2n) is 10.1. The first-order chi connectivity index (χ1) is 11.0. The van der Waals surface area contributed by atoms with Gasteiger partial charge in [0.25, 0.3) is 0 Å². The van der Waals surface area contributed by atoms with Crippen molar-refractivity contribution >= 4 is 5.97 Å². The molecule has 0 amide bonds. The molecule has 1 heterocycles. The van der Waals surface area contributed by atoms with Gasteiger partial charge in [0.2, 0.25) is 0 Å². The van der Waals surface area contributed by atoms with E-state index in [0.29, 0.717) is 24.4 Å². The zero-order valence-electron chi connectivity index (χ0n) is 16.0. The largest absolute Gasteiger partial charge is 0.462 e. The van der Waals surface area contributed by atoms with Crippen molar-refractivity contribution in [2.45, 2.75) is 73.2 Å². The predicted octanol–water partition coefficient (Wildman–Crippen LogP) is 3.62. The Balaban J connectivity index is 1.69. The van der Waals surface area contributed by atoms with E-state index >= 15 is 0 Å². The molecule has 0 spiro atoms. The zero-order chi connectivity index (χ0) is 17.9. The first-order valence-corrected chi connectivity index (χ1v) is 9.53. The monoisotopic (exact) mass is 338 g/mol. The van der Waals surface area contributed by atoms with Crippen LogP contribution in [0, 0.1) is 40.4 Å². The quantitative estimate of drug-likeness (QED) is 0.796. The standard InChI is InChI=1S/C20H34O4/c1-11(2)20(6,10-19(3,4)5)18(22)24-15-8-12-7-13(15)14-9-23-17(21)16(12)14/h11-17,21H,7-10H2,1-6H3. The summed E-state index contributed by atoms with van der Waals surface area (Å²) in [6.07, 6.45) is 2.19. The van der Waals surface area contributed by atoms with E-state index in [4.69, 9.17) is 9.47 Å². The summed E-state index contributed by atoms with van der Waals surface area (Å²) in [4.78, 5) is 13.1. The molecule has 1 N–H and O–H groups in total. The maximum absolute atomic E-state index is 13.1. The third-order valence-electron chi connectivity index (χ3n) is 6.86. The van der Waals surface area contributed by atoms with Crippen molar-refractivity contribution < 1.29 is 19.4 Å². The lowest BCUT2D eigenvalue weighted by molar-refractivity contribution is -0.170. The summed E-state index contributed by atoms with van der Waals surface area (Å²) in [7, 11) is 0. The minimum Gasteiger partial charge on any atom is -0.462 e. The van der Waals surface area contributed by atoms with Crippen molar-refractivity contribution in [1.82, 2.24) is 0 Å². The highest BCUT2D eigenvalue weighted by Gasteiger charge is 2.59. The second kappa shape index (κ2) is 5.98. The maximum Gasteiger partial charge on any atom is 0.312 e. The molecule has 2 bridgehead atoms. The van der Waals surface area contributed by atoms with Crippen LogP contribution in [0.5, 0.6) is 0 Å². The van der Waals surface area contributed by atoms with Gasteiger partial charge in [-0.1, -0.05) is 34.6 Å². The van der Waals surface area contributed by atoms with Crippen molar-refractivity contribution in [2.24, 2.45) is 40.4 Å². The molecule has 1 aliphatic heterocycles. The highest BCUT2D eigenvalue weighted by atomic mass is 16.6. The SMILES string of the molecule is CC(C)C(C)(CC(C)(C)C)C(=O)OC1CC2CC1C1COC(O)C21. The van der Waals surface area contributed by atoms with Crippen LogP contribution in [0.25, 0.3) is 0 Å². The van der Waals surface area contributed by atoms with E-state index < -0.39 is 11.7 Å². The molecule has 0 aromatic carbocycles. The lowest BCUT2D eigenvalue weighted by Crippen LogP contribution is -2.43. The van der Waals surface area contributed by atoms with Crippen LogP contribution >= 0.6 is 0 Å². The molecule has 1 saturated heterocycles. The zero-order valence-corrected chi connectivity index (χ0v) is 16.0. The third-order valence-corrected chi connectivity index (χ3v) is 6.86. The molecular formula is C20H34O4.